The van der Waals surface area contributed by atoms with E-state index in [4.69, 9.17) is 0 Å². The van der Waals surface area contributed by atoms with Crippen molar-refractivity contribution in [2.24, 2.45) is 4.99 Å². The van der Waals surface area contributed by atoms with Gasteiger partial charge in [-0.15, -0.1) is 24.0 Å². The Morgan fingerprint density at radius 3 is 2.56 bits per heavy atom. The van der Waals surface area contributed by atoms with E-state index >= 15 is 0 Å². The summed E-state index contributed by atoms with van der Waals surface area (Å²) in [4.78, 5) is 30.0. The normalized spacial score (nSPS) is 13.5. The molecule has 1 saturated heterocycles. The van der Waals surface area contributed by atoms with Crippen LogP contribution >= 0.6 is 24.0 Å². The Morgan fingerprint density at radius 1 is 1.09 bits per heavy atom. The van der Waals surface area contributed by atoms with Gasteiger partial charge in [0.1, 0.15) is 0 Å². The molecule has 1 fully saturated rings. The van der Waals surface area contributed by atoms with Gasteiger partial charge in [0.25, 0.3) is 5.91 Å². The van der Waals surface area contributed by atoms with Gasteiger partial charge in [0.05, 0.1) is 0 Å². The third kappa shape index (κ3) is 7.22. The number of hydrogen-bond donors (Lipinski definition) is 3. The summed E-state index contributed by atoms with van der Waals surface area (Å²) < 4.78 is 0. The number of guanidine groups is 1. The second kappa shape index (κ2) is 13.0. The lowest BCUT2D eigenvalue weighted by Gasteiger charge is -2.19. The van der Waals surface area contributed by atoms with E-state index in [0.717, 1.165) is 42.0 Å². The molecule has 1 heterocycles. The molecule has 8 heteroatoms. The summed E-state index contributed by atoms with van der Waals surface area (Å²) in [7, 11) is 3.38. The molecule has 0 aliphatic carbocycles. The van der Waals surface area contributed by atoms with Gasteiger partial charge in [0.2, 0.25) is 5.91 Å². The van der Waals surface area contributed by atoms with E-state index in [1.807, 2.05) is 41.3 Å². The number of halogens is 1. The average Bonchev–Trinajstić information content (AvgIpc) is 3.21. The van der Waals surface area contributed by atoms with Crippen LogP contribution in [0.4, 0.5) is 0 Å². The van der Waals surface area contributed by atoms with Crippen molar-refractivity contribution in [3.63, 3.8) is 0 Å². The minimum Gasteiger partial charge on any atom is -0.356 e. The van der Waals surface area contributed by atoms with Gasteiger partial charge in [0.15, 0.2) is 5.96 Å². The third-order valence-electron chi connectivity index (χ3n) is 5.44. The van der Waals surface area contributed by atoms with E-state index in [9.17, 15) is 9.59 Å². The fourth-order valence-electron chi connectivity index (χ4n) is 3.70. The quantitative estimate of drug-likeness (QED) is 0.269. The monoisotopic (exact) mass is 549 g/mol. The molecule has 0 saturated carbocycles. The van der Waals surface area contributed by atoms with Crippen molar-refractivity contribution < 1.29 is 9.59 Å². The van der Waals surface area contributed by atoms with Crippen LogP contribution in [0.2, 0.25) is 0 Å². The number of nitrogens with zero attached hydrogens (tertiary/aromatic N) is 2. The van der Waals surface area contributed by atoms with Crippen LogP contribution in [0.3, 0.4) is 0 Å². The van der Waals surface area contributed by atoms with Crippen LogP contribution in [0.1, 0.15) is 39.9 Å². The van der Waals surface area contributed by atoms with Gasteiger partial charge in [-0.25, -0.2) is 0 Å². The van der Waals surface area contributed by atoms with E-state index in [1.54, 1.807) is 14.1 Å². The molecule has 3 N–H and O–H groups in total. The molecule has 0 unspecified atom stereocenters. The highest BCUT2D eigenvalue weighted by Gasteiger charge is 2.20. The van der Waals surface area contributed by atoms with Crippen molar-refractivity contribution in [1.29, 1.82) is 0 Å². The Hall–Kier alpha value is -2.62. The SMILES string of the molecule is CN=C(NCCc1cccc(C(=O)NC)c1)NCc1ccccc1CN1CCCC1=O.I. The van der Waals surface area contributed by atoms with Gasteiger partial charge in [-0.3, -0.25) is 14.6 Å². The van der Waals surface area contributed by atoms with E-state index in [-0.39, 0.29) is 35.8 Å². The van der Waals surface area contributed by atoms with Crippen LogP contribution in [-0.4, -0.2) is 49.9 Å². The van der Waals surface area contributed by atoms with Crippen LogP contribution in [0.15, 0.2) is 53.5 Å². The van der Waals surface area contributed by atoms with Gasteiger partial charge in [-0.2, -0.15) is 0 Å². The van der Waals surface area contributed by atoms with Crippen molar-refractivity contribution in [2.45, 2.75) is 32.4 Å². The smallest absolute Gasteiger partial charge is 0.251 e. The van der Waals surface area contributed by atoms with Crippen LogP contribution in [0, 0.1) is 0 Å². The molecule has 2 amide bonds. The standard InChI is InChI=1S/C24H31N5O2.HI/c1-25-23(31)19-10-5-7-18(15-19)12-13-27-24(26-2)28-16-20-8-3-4-9-21(20)17-29-14-6-11-22(29)30;/h3-5,7-10,15H,6,11-14,16-17H2,1-2H3,(H,25,31)(H2,26,27,28);1H. The predicted molar refractivity (Wildman–Crippen MR) is 138 cm³/mol. The Kier molecular flexibility index (Phi) is 10.5. The Morgan fingerprint density at radius 2 is 1.88 bits per heavy atom. The van der Waals surface area contributed by atoms with E-state index in [2.05, 4.69) is 33.1 Å². The predicted octanol–water partition coefficient (Wildman–Crippen LogP) is 2.69. The largest absolute Gasteiger partial charge is 0.356 e. The fraction of sp³-hybridized carbons (Fsp3) is 0.375. The number of likely N-dealkylation sites (tertiary alicyclic amines) is 1. The summed E-state index contributed by atoms with van der Waals surface area (Å²) in [6, 6.07) is 15.8. The summed E-state index contributed by atoms with van der Waals surface area (Å²) in [6.07, 6.45) is 2.38. The molecule has 0 aromatic heterocycles. The molecule has 3 rings (SSSR count). The number of benzene rings is 2. The highest BCUT2D eigenvalue weighted by molar-refractivity contribution is 14.0. The molecule has 2 aromatic rings. The first-order valence-electron chi connectivity index (χ1n) is 10.7. The maximum Gasteiger partial charge on any atom is 0.251 e. The molecule has 1 aliphatic rings. The lowest BCUT2D eigenvalue weighted by atomic mass is 10.1. The molecule has 32 heavy (non-hydrogen) atoms. The minimum atomic E-state index is -0.0819. The van der Waals surface area contributed by atoms with Gasteiger partial charge in [0, 0.05) is 52.3 Å². The minimum absolute atomic E-state index is 0. The first kappa shape index (κ1) is 25.6. The van der Waals surface area contributed by atoms with Crippen LogP contribution in [0.5, 0.6) is 0 Å². The van der Waals surface area contributed by atoms with E-state index < -0.39 is 0 Å². The number of amides is 2. The second-order valence-electron chi connectivity index (χ2n) is 7.57. The zero-order chi connectivity index (χ0) is 22.1. The molecule has 7 nitrogen and oxygen atoms in total. The summed E-state index contributed by atoms with van der Waals surface area (Å²) in [5.41, 5.74) is 4.07. The molecular weight excluding hydrogens is 517 g/mol. The summed E-state index contributed by atoms with van der Waals surface area (Å²) in [5, 5.41) is 9.33. The summed E-state index contributed by atoms with van der Waals surface area (Å²) >= 11 is 0. The first-order valence-corrected chi connectivity index (χ1v) is 10.7. The summed E-state index contributed by atoms with van der Waals surface area (Å²) in [6.45, 7) is 2.82. The number of carbonyl (C=O) groups excluding carboxylic acids is 2. The Labute approximate surface area is 207 Å². The molecule has 0 bridgehead atoms. The molecule has 172 valence electrons. The molecule has 0 atom stereocenters. The highest BCUT2D eigenvalue weighted by atomic mass is 127. The van der Waals surface area contributed by atoms with Crippen molar-refractivity contribution in [2.75, 3.05) is 27.2 Å². The third-order valence-corrected chi connectivity index (χ3v) is 5.44. The first-order chi connectivity index (χ1) is 15.1. The van der Waals surface area contributed by atoms with Gasteiger partial charge in [-0.1, -0.05) is 36.4 Å². The maximum absolute atomic E-state index is 12.0. The van der Waals surface area contributed by atoms with Gasteiger partial charge < -0.3 is 20.9 Å². The Balaban J connectivity index is 0.00000363. The topological polar surface area (TPSA) is 85.8 Å². The van der Waals surface area contributed by atoms with Crippen molar-refractivity contribution in [3.8, 4) is 0 Å². The van der Waals surface area contributed by atoms with Crippen LogP contribution < -0.4 is 16.0 Å². The van der Waals surface area contributed by atoms with Crippen molar-refractivity contribution >= 4 is 41.8 Å². The lowest BCUT2D eigenvalue weighted by Crippen LogP contribution is -2.38. The summed E-state index contributed by atoms with van der Waals surface area (Å²) in [5.74, 6) is 0.872. The zero-order valence-corrected chi connectivity index (χ0v) is 21.0. The number of rotatable bonds is 8. The van der Waals surface area contributed by atoms with Crippen LogP contribution in [0.25, 0.3) is 0 Å². The zero-order valence-electron chi connectivity index (χ0n) is 18.7. The van der Waals surface area contributed by atoms with Gasteiger partial charge in [-0.05, 0) is 41.7 Å². The Bertz CT molecular complexity index is 947. The fourth-order valence-corrected chi connectivity index (χ4v) is 3.70. The lowest BCUT2D eigenvalue weighted by molar-refractivity contribution is -0.128. The molecule has 2 aromatic carbocycles. The van der Waals surface area contributed by atoms with E-state index in [1.165, 1.54) is 0 Å². The molecule has 0 spiro atoms. The van der Waals surface area contributed by atoms with E-state index in [0.29, 0.717) is 31.6 Å². The maximum atomic E-state index is 12.0. The van der Waals surface area contributed by atoms with Crippen molar-refractivity contribution in [1.82, 2.24) is 20.9 Å². The number of hydrogen-bond acceptors (Lipinski definition) is 3. The number of nitrogens with one attached hydrogen (secondary N) is 3. The van der Waals surface area contributed by atoms with Crippen LogP contribution in [-0.2, 0) is 24.3 Å². The molecule has 0 radical (unpaired) electrons. The highest BCUT2D eigenvalue weighted by Crippen LogP contribution is 2.17. The number of aliphatic imine (C=N–C) groups is 1. The molecule has 1 aliphatic heterocycles. The van der Waals surface area contributed by atoms with Crippen molar-refractivity contribution in [3.05, 3.63) is 70.8 Å². The van der Waals surface area contributed by atoms with Gasteiger partial charge >= 0.3 is 0 Å². The second-order valence-corrected chi connectivity index (χ2v) is 7.57. The number of carbonyl (C=O) groups is 2. The molecular formula is C24H32IN5O2. The average molecular weight is 549 g/mol.